The fourth-order valence-electron chi connectivity index (χ4n) is 2.68. The zero-order valence-electron chi connectivity index (χ0n) is 12.8. The minimum Gasteiger partial charge on any atom is -0.313 e. The molecule has 0 aromatic heterocycles. The van der Waals surface area contributed by atoms with Crippen molar-refractivity contribution in [2.75, 3.05) is 12.3 Å². The first-order valence-corrected chi connectivity index (χ1v) is 8.47. The van der Waals surface area contributed by atoms with Crippen LogP contribution in [-0.2, 0) is 12.8 Å². The van der Waals surface area contributed by atoms with Gasteiger partial charge in [-0.1, -0.05) is 33.8 Å². The second-order valence-electron chi connectivity index (χ2n) is 6.57. The van der Waals surface area contributed by atoms with Gasteiger partial charge in [0, 0.05) is 16.7 Å². The second-order valence-corrected chi connectivity index (χ2v) is 7.66. The molecule has 0 bridgehead atoms. The number of thioether (sulfide) groups is 1. The van der Waals surface area contributed by atoms with Crippen LogP contribution in [0.1, 0.15) is 45.2 Å². The maximum Gasteiger partial charge on any atom is 0.0210 e. The lowest BCUT2D eigenvalue weighted by atomic mass is 9.88. The number of nitrogens with one attached hydrogen (secondary N) is 1. The van der Waals surface area contributed by atoms with E-state index in [4.69, 9.17) is 0 Å². The SMILES string of the molecule is CCNC(CSc1ccc2c(c1)CCC2)C(C)(C)C. The van der Waals surface area contributed by atoms with Gasteiger partial charge in [0.25, 0.3) is 0 Å². The van der Waals surface area contributed by atoms with Gasteiger partial charge in [0.2, 0.25) is 0 Å². The van der Waals surface area contributed by atoms with E-state index in [9.17, 15) is 0 Å². The van der Waals surface area contributed by atoms with Gasteiger partial charge in [-0.15, -0.1) is 11.8 Å². The average molecular weight is 277 g/mol. The number of rotatable bonds is 5. The van der Waals surface area contributed by atoms with Gasteiger partial charge in [-0.2, -0.15) is 0 Å². The van der Waals surface area contributed by atoms with Crippen LogP contribution in [0.2, 0.25) is 0 Å². The van der Waals surface area contributed by atoms with Crippen molar-refractivity contribution in [3.63, 3.8) is 0 Å². The normalized spacial score (nSPS) is 16.4. The molecule has 0 fully saturated rings. The summed E-state index contributed by atoms with van der Waals surface area (Å²) in [5.41, 5.74) is 3.48. The van der Waals surface area contributed by atoms with Gasteiger partial charge in [0.1, 0.15) is 0 Å². The van der Waals surface area contributed by atoms with E-state index in [-0.39, 0.29) is 0 Å². The van der Waals surface area contributed by atoms with Crippen molar-refractivity contribution in [1.82, 2.24) is 5.32 Å². The summed E-state index contributed by atoms with van der Waals surface area (Å²) >= 11 is 2.00. The minimum absolute atomic E-state index is 0.319. The van der Waals surface area contributed by atoms with Crippen molar-refractivity contribution in [2.45, 2.75) is 57.9 Å². The van der Waals surface area contributed by atoms with Crippen LogP contribution < -0.4 is 5.32 Å². The third-order valence-electron chi connectivity index (χ3n) is 3.98. The average Bonchev–Trinajstić information content (AvgIpc) is 2.80. The van der Waals surface area contributed by atoms with Gasteiger partial charge in [0.15, 0.2) is 0 Å². The van der Waals surface area contributed by atoms with E-state index >= 15 is 0 Å². The molecule has 2 heteroatoms. The third kappa shape index (κ3) is 4.00. The standard InChI is InChI=1S/C17H27NS/c1-5-18-16(17(2,3)4)12-19-15-10-9-13-7-6-8-14(13)11-15/h9-11,16,18H,5-8,12H2,1-4H3. The second kappa shape index (κ2) is 6.32. The molecule has 0 amide bonds. The zero-order chi connectivity index (χ0) is 13.9. The van der Waals surface area contributed by atoms with Crippen LogP contribution in [0.25, 0.3) is 0 Å². The fraction of sp³-hybridized carbons (Fsp3) is 0.647. The Labute approximate surface area is 122 Å². The highest BCUT2D eigenvalue weighted by Gasteiger charge is 2.23. The van der Waals surface area contributed by atoms with Gasteiger partial charge in [-0.3, -0.25) is 0 Å². The summed E-state index contributed by atoms with van der Waals surface area (Å²) < 4.78 is 0. The number of hydrogen-bond acceptors (Lipinski definition) is 2. The third-order valence-corrected chi connectivity index (χ3v) is 5.07. The molecule has 1 aromatic rings. The van der Waals surface area contributed by atoms with Crippen LogP contribution in [0.4, 0.5) is 0 Å². The first kappa shape index (κ1) is 14.9. The monoisotopic (exact) mass is 277 g/mol. The molecule has 1 aliphatic carbocycles. The van der Waals surface area contributed by atoms with E-state index in [0.29, 0.717) is 11.5 Å². The van der Waals surface area contributed by atoms with Gasteiger partial charge < -0.3 is 5.32 Å². The molecular formula is C17H27NS. The van der Waals surface area contributed by atoms with Gasteiger partial charge in [0.05, 0.1) is 0 Å². The summed E-state index contributed by atoms with van der Waals surface area (Å²) in [6.07, 6.45) is 3.90. The van der Waals surface area contributed by atoms with E-state index < -0.39 is 0 Å². The molecule has 0 aliphatic heterocycles. The van der Waals surface area contributed by atoms with Gasteiger partial charge in [-0.05, 0) is 54.5 Å². The van der Waals surface area contributed by atoms with Crippen molar-refractivity contribution >= 4 is 11.8 Å². The quantitative estimate of drug-likeness (QED) is 0.806. The number of aryl methyl sites for hydroxylation is 2. The summed E-state index contributed by atoms with van der Waals surface area (Å²) in [4.78, 5) is 1.44. The van der Waals surface area contributed by atoms with Crippen molar-refractivity contribution in [1.29, 1.82) is 0 Å². The van der Waals surface area contributed by atoms with Crippen molar-refractivity contribution < 1.29 is 0 Å². The first-order chi connectivity index (χ1) is 9.00. The Bertz CT molecular complexity index is 420. The Morgan fingerprint density at radius 3 is 2.63 bits per heavy atom. The van der Waals surface area contributed by atoms with Crippen LogP contribution in [0.3, 0.4) is 0 Å². The van der Waals surface area contributed by atoms with Crippen molar-refractivity contribution in [3.05, 3.63) is 29.3 Å². The lowest BCUT2D eigenvalue weighted by Gasteiger charge is -2.31. The van der Waals surface area contributed by atoms with E-state index in [1.54, 1.807) is 11.1 Å². The smallest absolute Gasteiger partial charge is 0.0210 e. The summed E-state index contributed by atoms with van der Waals surface area (Å²) in [6.45, 7) is 10.2. The predicted molar refractivity (Wildman–Crippen MR) is 86.1 cm³/mol. The highest BCUT2D eigenvalue weighted by molar-refractivity contribution is 7.99. The molecule has 1 N–H and O–H groups in total. The van der Waals surface area contributed by atoms with Crippen LogP contribution in [-0.4, -0.2) is 18.3 Å². The first-order valence-electron chi connectivity index (χ1n) is 7.48. The summed E-state index contributed by atoms with van der Waals surface area (Å²) in [5, 5.41) is 3.62. The molecule has 1 unspecified atom stereocenters. The van der Waals surface area contributed by atoms with E-state index in [0.717, 1.165) is 12.3 Å². The largest absolute Gasteiger partial charge is 0.313 e. The van der Waals surface area contributed by atoms with E-state index in [1.807, 2.05) is 11.8 Å². The Kier molecular flexibility index (Phi) is 4.97. The molecule has 1 aliphatic rings. The summed E-state index contributed by atoms with van der Waals surface area (Å²) in [6, 6.07) is 7.62. The lowest BCUT2D eigenvalue weighted by molar-refractivity contribution is 0.295. The minimum atomic E-state index is 0.319. The Balaban J connectivity index is 1.97. The topological polar surface area (TPSA) is 12.0 Å². The molecular weight excluding hydrogens is 250 g/mol. The Morgan fingerprint density at radius 2 is 1.95 bits per heavy atom. The Hall–Kier alpha value is -0.470. The molecule has 0 radical (unpaired) electrons. The Morgan fingerprint density at radius 1 is 1.21 bits per heavy atom. The molecule has 1 aromatic carbocycles. The van der Waals surface area contributed by atoms with E-state index in [1.165, 1.54) is 24.2 Å². The molecule has 0 saturated heterocycles. The molecule has 106 valence electrons. The summed E-state index contributed by atoms with van der Waals surface area (Å²) in [7, 11) is 0. The summed E-state index contributed by atoms with van der Waals surface area (Å²) in [5.74, 6) is 1.15. The number of fused-ring (bicyclic) bond motifs is 1. The van der Waals surface area contributed by atoms with Crippen molar-refractivity contribution in [3.8, 4) is 0 Å². The fourth-order valence-corrected chi connectivity index (χ4v) is 4.05. The van der Waals surface area contributed by atoms with E-state index in [2.05, 4.69) is 51.2 Å². The van der Waals surface area contributed by atoms with Gasteiger partial charge >= 0.3 is 0 Å². The van der Waals surface area contributed by atoms with Crippen LogP contribution in [0.5, 0.6) is 0 Å². The zero-order valence-corrected chi connectivity index (χ0v) is 13.6. The molecule has 1 nitrogen and oxygen atoms in total. The van der Waals surface area contributed by atoms with Crippen LogP contribution in [0.15, 0.2) is 23.1 Å². The predicted octanol–water partition coefficient (Wildman–Crippen LogP) is 4.29. The number of hydrogen-bond donors (Lipinski definition) is 1. The lowest BCUT2D eigenvalue weighted by Crippen LogP contribution is -2.42. The van der Waals surface area contributed by atoms with Crippen LogP contribution >= 0.6 is 11.8 Å². The maximum absolute atomic E-state index is 3.62. The molecule has 1 atom stereocenters. The maximum atomic E-state index is 3.62. The number of benzene rings is 1. The molecule has 19 heavy (non-hydrogen) atoms. The van der Waals surface area contributed by atoms with Crippen molar-refractivity contribution in [2.24, 2.45) is 5.41 Å². The molecule has 0 saturated carbocycles. The highest BCUT2D eigenvalue weighted by Crippen LogP contribution is 2.30. The highest BCUT2D eigenvalue weighted by atomic mass is 32.2. The van der Waals surface area contributed by atoms with Crippen LogP contribution in [0, 0.1) is 5.41 Å². The van der Waals surface area contributed by atoms with Gasteiger partial charge in [-0.25, -0.2) is 0 Å². The molecule has 0 spiro atoms. The molecule has 0 heterocycles. The molecule has 2 rings (SSSR count).